The van der Waals surface area contributed by atoms with Gasteiger partial charge in [-0.3, -0.25) is 0 Å². The third-order valence-corrected chi connectivity index (χ3v) is 3.46. The molecule has 0 amide bonds. The molecule has 0 aliphatic carbocycles. The molecular formula is C12H20O6. The molecule has 3 saturated heterocycles. The van der Waals surface area contributed by atoms with Crippen molar-refractivity contribution in [3.8, 4) is 0 Å². The second-order valence-electron chi connectivity index (χ2n) is 5.92. The number of rotatable bonds is 1. The Balaban J connectivity index is 1.75. The molecular weight excluding hydrogens is 240 g/mol. The summed E-state index contributed by atoms with van der Waals surface area (Å²) in [5.74, 6) is -1.32. The molecule has 3 aliphatic rings. The first kappa shape index (κ1) is 12.8. The lowest BCUT2D eigenvalue weighted by atomic mass is 10.1. The van der Waals surface area contributed by atoms with E-state index in [1.807, 2.05) is 27.7 Å². The van der Waals surface area contributed by atoms with Crippen LogP contribution in [0.2, 0.25) is 0 Å². The molecule has 3 heterocycles. The van der Waals surface area contributed by atoms with Crippen LogP contribution in [0, 0.1) is 0 Å². The molecule has 0 aromatic rings. The first-order valence-electron chi connectivity index (χ1n) is 6.28. The van der Waals surface area contributed by atoms with Crippen molar-refractivity contribution in [3.63, 3.8) is 0 Å². The molecule has 0 radical (unpaired) electrons. The Morgan fingerprint density at radius 3 is 2.17 bits per heavy atom. The lowest BCUT2D eigenvalue weighted by Gasteiger charge is -2.26. The van der Waals surface area contributed by atoms with Crippen molar-refractivity contribution in [2.45, 2.75) is 70.0 Å². The fourth-order valence-corrected chi connectivity index (χ4v) is 2.78. The van der Waals surface area contributed by atoms with Crippen LogP contribution >= 0.6 is 0 Å². The number of fused-ring (bicyclic) bond motifs is 1. The van der Waals surface area contributed by atoms with Crippen LogP contribution in [0.25, 0.3) is 0 Å². The fraction of sp³-hybridized carbons (Fsp3) is 1.00. The average molecular weight is 260 g/mol. The van der Waals surface area contributed by atoms with Crippen molar-refractivity contribution in [2.24, 2.45) is 0 Å². The van der Waals surface area contributed by atoms with Crippen LogP contribution in [0.15, 0.2) is 0 Å². The van der Waals surface area contributed by atoms with Gasteiger partial charge in [-0.25, -0.2) is 0 Å². The van der Waals surface area contributed by atoms with Gasteiger partial charge < -0.3 is 28.8 Å². The molecule has 2 unspecified atom stereocenters. The zero-order valence-electron chi connectivity index (χ0n) is 11.1. The van der Waals surface area contributed by atoms with Gasteiger partial charge in [-0.1, -0.05) is 0 Å². The highest BCUT2D eigenvalue weighted by atomic mass is 16.8. The Morgan fingerprint density at radius 2 is 1.56 bits per heavy atom. The van der Waals surface area contributed by atoms with Crippen molar-refractivity contribution in [1.82, 2.24) is 0 Å². The quantitative estimate of drug-likeness (QED) is 0.735. The molecule has 0 bridgehead atoms. The number of aliphatic hydroxyl groups is 1. The predicted molar refractivity (Wildman–Crippen MR) is 59.6 cm³/mol. The molecule has 5 atom stereocenters. The highest BCUT2D eigenvalue weighted by molar-refractivity contribution is 4.99. The third-order valence-electron chi connectivity index (χ3n) is 3.46. The third kappa shape index (κ3) is 2.07. The maximum Gasteiger partial charge on any atom is 0.184 e. The van der Waals surface area contributed by atoms with Crippen LogP contribution in [-0.4, -0.2) is 54.0 Å². The van der Waals surface area contributed by atoms with E-state index in [-0.39, 0.29) is 18.3 Å². The van der Waals surface area contributed by atoms with E-state index in [1.54, 1.807) is 0 Å². The summed E-state index contributed by atoms with van der Waals surface area (Å²) in [6.07, 6.45) is -2.38. The SMILES string of the molecule is CC1(C)OCC([C@H]2O[C@@H](O)[C@@H]3OC(C)(C)OC23)O1. The minimum absolute atomic E-state index is 0.248. The maximum atomic E-state index is 9.87. The highest BCUT2D eigenvalue weighted by Crippen LogP contribution is 2.41. The van der Waals surface area contributed by atoms with Crippen LogP contribution in [0.5, 0.6) is 0 Å². The molecule has 104 valence electrons. The zero-order valence-corrected chi connectivity index (χ0v) is 11.1. The van der Waals surface area contributed by atoms with Gasteiger partial charge in [-0.15, -0.1) is 0 Å². The second kappa shape index (κ2) is 3.88. The van der Waals surface area contributed by atoms with Crippen molar-refractivity contribution in [1.29, 1.82) is 0 Å². The van der Waals surface area contributed by atoms with E-state index in [9.17, 15) is 5.11 Å². The van der Waals surface area contributed by atoms with Crippen molar-refractivity contribution in [3.05, 3.63) is 0 Å². The number of hydrogen-bond acceptors (Lipinski definition) is 6. The summed E-state index contributed by atoms with van der Waals surface area (Å²) < 4.78 is 28.2. The highest BCUT2D eigenvalue weighted by Gasteiger charge is 2.58. The van der Waals surface area contributed by atoms with E-state index in [0.717, 1.165) is 0 Å². The molecule has 6 heteroatoms. The number of ether oxygens (including phenoxy) is 5. The van der Waals surface area contributed by atoms with E-state index in [1.165, 1.54) is 0 Å². The van der Waals surface area contributed by atoms with Crippen LogP contribution in [0.1, 0.15) is 27.7 Å². The van der Waals surface area contributed by atoms with E-state index in [0.29, 0.717) is 6.61 Å². The van der Waals surface area contributed by atoms with E-state index in [4.69, 9.17) is 23.7 Å². The van der Waals surface area contributed by atoms with Crippen molar-refractivity contribution in [2.75, 3.05) is 6.61 Å². The summed E-state index contributed by atoms with van der Waals surface area (Å²) in [4.78, 5) is 0. The zero-order chi connectivity index (χ0) is 13.1. The van der Waals surface area contributed by atoms with Crippen molar-refractivity contribution >= 4 is 0 Å². The van der Waals surface area contributed by atoms with Gasteiger partial charge in [0.1, 0.15) is 24.4 Å². The Kier molecular flexibility index (Phi) is 2.75. The maximum absolute atomic E-state index is 9.87. The summed E-state index contributed by atoms with van der Waals surface area (Å²) in [6, 6.07) is 0. The Labute approximate surface area is 106 Å². The van der Waals surface area contributed by atoms with Gasteiger partial charge >= 0.3 is 0 Å². The molecule has 3 aliphatic heterocycles. The molecule has 3 rings (SSSR count). The summed E-state index contributed by atoms with van der Waals surface area (Å²) in [5.41, 5.74) is 0. The van der Waals surface area contributed by atoms with Gasteiger partial charge in [0, 0.05) is 0 Å². The summed E-state index contributed by atoms with van der Waals surface area (Å²) in [6.45, 7) is 7.78. The van der Waals surface area contributed by atoms with Crippen LogP contribution in [-0.2, 0) is 23.7 Å². The number of aliphatic hydroxyl groups excluding tert-OH is 1. The molecule has 0 saturated carbocycles. The lowest BCUT2D eigenvalue weighted by molar-refractivity contribution is -0.236. The first-order chi connectivity index (χ1) is 8.27. The molecule has 1 N–H and O–H groups in total. The summed E-state index contributed by atoms with van der Waals surface area (Å²) >= 11 is 0. The summed E-state index contributed by atoms with van der Waals surface area (Å²) in [7, 11) is 0. The van der Waals surface area contributed by atoms with Crippen LogP contribution in [0.3, 0.4) is 0 Å². The average Bonchev–Trinajstić information content (AvgIpc) is 2.81. The standard InChI is InChI=1S/C12H20O6/c1-11(2)14-5-6(16-11)7-8-9(10(13)15-7)18-12(3,4)17-8/h6-10,13H,5H2,1-4H3/t6?,7-,8?,9-,10-/m1/s1. The van der Waals surface area contributed by atoms with Gasteiger partial charge in [-0.2, -0.15) is 0 Å². The molecule has 0 aromatic heterocycles. The van der Waals surface area contributed by atoms with Crippen LogP contribution < -0.4 is 0 Å². The van der Waals surface area contributed by atoms with Gasteiger partial charge in [0.15, 0.2) is 17.9 Å². The normalized spacial score (nSPS) is 49.5. The monoisotopic (exact) mass is 260 g/mol. The van der Waals surface area contributed by atoms with Gasteiger partial charge in [0.05, 0.1) is 6.61 Å². The molecule has 0 aromatic carbocycles. The van der Waals surface area contributed by atoms with E-state index >= 15 is 0 Å². The molecule has 3 fully saturated rings. The van der Waals surface area contributed by atoms with Gasteiger partial charge in [0.2, 0.25) is 0 Å². The van der Waals surface area contributed by atoms with E-state index < -0.39 is 24.0 Å². The number of hydrogen-bond donors (Lipinski definition) is 1. The van der Waals surface area contributed by atoms with Crippen LogP contribution in [0.4, 0.5) is 0 Å². The smallest absolute Gasteiger partial charge is 0.184 e. The Hall–Kier alpha value is -0.240. The second-order valence-corrected chi connectivity index (χ2v) is 5.92. The minimum Gasteiger partial charge on any atom is -0.366 e. The lowest BCUT2D eigenvalue weighted by Crippen LogP contribution is -2.40. The minimum atomic E-state index is -0.978. The Morgan fingerprint density at radius 1 is 0.889 bits per heavy atom. The van der Waals surface area contributed by atoms with Crippen molar-refractivity contribution < 1.29 is 28.8 Å². The first-order valence-corrected chi connectivity index (χ1v) is 6.28. The van der Waals surface area contributed by atoms with E-state index in [2.05, 4.69) is 0 Å². The van der Waals surface area contributed by atoms with Gasteiger partial charge in [-0.05, 0) is 27.7 Å². The molecule has 6 nitrogen and oxygen atoms in total. The topological polar surface area (TPSA) is 66.4 Å². The molecule has 18 heavy (non-hydrogen) atoms. The molecule has 0 spiro atoms. The summed E-state index contributed by atoms with van der Waals surface area (Å²) in [5, 5.41) is 9.87. The predicted octanol–water partition coefficient (Wildman–Crippen LogP) is 0.375. The largest absolute Gasteiger partial charge is 0.366 e. The van der Waals surface area contributed by atoms with Gasteiger partial charge in [0.25, 0.3) is 0 Å². The Bertz CT molecular complexity index is 341. The fourth-order valence-electron chi connectivity index (χ4n) is 2.78.